The standard InChI is InChI=1S/C16H17BrN2O/c17-14-4-3-11-9-13(2-1-12(11)10-14)16(20)19-15-5-7-18-8-6-15/h1-4,9-10,15,18H,5-8H2,(H,19,20). The van der Waals surface area contributed by atoms with Gasteiger partial charge < -0.3 is 10.6 Å². The Morgan fingerprint density at radius 2 is 1.80 bits per heavy atom. The summed E-state index contributed by atoms with van der Waals surface area (Å²) < 4.78 is 1.05. The number of halogens is 1. The van der Waals surface area contributed by atoms with Crippen molar-refractivity contribution in [2.24, 2.45) is 0 Å². The van der Waals surface area contributed by atoms with Crippen LogP contribution in [0.5, 0.6) is 0 Å². The third-order valence-electron chi connectivity index (χ3n) is 3.74. The first-order valence-electron chi connectivity index (χ1n) is 6.93. The first kappa shape index (κ1) is 13.6. The highest BCUT2D eigenvalue weighted by Crippen LogP contribution is 2.21. The molecule has 1 aliphatic heterocycles. The number of piperidine rings is 1. The van der Waals surface area contributed by atoms with E-state index in [2.05, 4.69) is 32.6 Å². The Kier molecular flexibility index (Phi) is 4.03. The lowest BCUT2D eigenvalue weighted by Gasteiger charge is -2.23. The summed E-state index contributed by atoms with van der Waals surface area (Å²) in [4.78, 5) is 12.3. The average molecular weight is 333 g/mol. The van der Waals surface area contributed by atoms with Crippen LogP contribution in [0.3, 0.4) is 0 Å². The van der Waals surface area contributed by atoms with Gasteiger partial charge in [0.15, 0.2) is 0 Å². The van der Waals surface area contributed by atoms with Gasteiger partial charge in [0.25, 0.3) is 5.91 Å². The number of fused-ring (bicyclic) bond motifs is 1. The lowest BCUT2D eigenvalue weighted by Crippen LogP contribution is -2.42. The second kappa shape index (κ2) is 5.94. The van der Waals surface area contributed by atoms with E-state index in [4.69, 9.17) is 0 Å². The molecule has 1 heterocycles. The van der Waals surface area contributed by atoms with Crippen LogP contribution < -0.4 is 10.6 Å². The van der Waals surface area contributed by atoms with Crippen LogP contribution in [0, 0.1) is 0 Å². The lowest BCUT2D eigenvalue weighted by molar-refractivity contribution is 0.0929. The Hall–Kier alpha value is -1.39. The zero-order valence-corrected chi connectivity index (χ0v) is 12.7. The fraction of sp³-hybridized carbons (Fsp3) is 0.312. The largest absolute Gasteiger partial charge is 0.349 e. The summed E-state index contributed by atoms with van der Waals surface area (Å²) >= 11 is 3.46. The molecule has 1 fully saturated rings. The molecule has 2 N–H and O–H groups in total. The maximum Gasteiger partial charge on any atom is 0.251 e. The first-order valence-corrected chi connectivity index (χ1v) is 7.72. The molecule has 0 bridgehead atoms. The third kappa shape index (κ3) is 3.02. The van der Waals surface area contributed by atoms with E-state index >= 15 is 0 Å². The van der Waals surface area contributed by atoms with Gasteiger partial charge in [0, 0.05) is 16.1 Å². The molecule has 3 nitrogen and oxygen atoms in total. The molecular formula is C16H17BrN2O. The van der Waals surface area contributed by atoms with Crippen LogP contribution in [0.4, 0.5) is 0 Å². The third-order valence-corrected chi connectivity index (χ3v) is 4.23. The molecular weight excluding hydrogens is 316 g/mol. The van der Waals surface area contributed by atoms with E-state index in [1.807, 2.05) is 30.3 Å². The number of benzene rings is 2. The minimum Gasteiger partial charge on any atom is -0.349 e. The van der Waals surface area contributed by atoms with Crippen molar-refractivity contribution < 1.29 is 4.79 Å². The first-order chi connectivity index (χ1) is 9.72. The number of carbonyl (C=O) groups is 1. The zero-order valence-electron chi connectivity index (χ0n) is 11.2. The molecule has 0 saturated carbocycles. The number of hydrogen-bond donors (Lipinski definition) is 2. The number of nitrogens with one attached hydrogen (secondary N) is 2. The van der Waals surface area contributed by atoms with Gasteiger partial charge >= 0.3 is 0 Å². The molecule has 2 aromatic carbocycles. The van der Waals surface area contributed by atoms with Crippen molar-refractivity contribution in [3.63, 3.8) is 0 Å². The van der Waals surface area contributed by atoms with E-state index in [0.717, 1.165) is 46.7 Å². The summed E-state index contributed by atoms with van der Waals surface area (Å²) in [6.45, 7) is 1.97. The van der Waals surface area contributed by atoms with Crippen LogP contribution in [0.1, 0.15) is 23.2 Å². The minimum absolute atomic E-state index is 0.0294. The molecule has 0 unspecified atom stereocenters. The highest BCUT2D eigenvalue weighted by molar-refractivity contribution is 9.10. The summed E-state index contributed by atoms with van der Waals surface area (Å²) in [5, 5.41) is 8.65. The van der Waals surface area contributed by atoms with E-state index < -0.39 is 0 Å². The molecule has 4 heteroatoms. The van der Waals surface area contributed by atoms with Gasteiger partial charge in [0.1, 0.15) is 0 Å². The Bertz CT molecular complexity index is 635. The molecule has 104 valence electrons. The summed E-state index contributed by atoms with van der Waals surface area (Å²) in [6, 6.07) is 12.2. The predicted molar refractivity (Wildman–Crippen MR) is 85.0 cm³/mol. The highest BCUT2D eigenvalue weighted by Gasteiger charge is 2.16. The Balaban J connectivity index is 1.78. The van der Waals surface area contributed by atoms with Gasteiger partial charge in [-0.1, -0.05) is 28.1 Å². The van der Waals surface area contributed by atoms with E-state index in [1.165, 1.54) is 0 Å². The Morgan fingerprint density at radius 1 is 1.10 bits per heavy atom. The van der Waals surface area contributed by atoms with E-state index in [9.17, 15) is 4.79 Å². The smallest absolute Gasteiger partial charge is 0.251 e. The van der Waals surface area contributed by atoms with Crippen molar-refractivity contribution in [1.82, 2.24) is 10.6 Å². The van der Waals surface area contributed by atoms with Crippen molar-refractivity contribution >= 4 is 32.6 Å². The van der Waals surface area contributed by atoms with E-state index in [-0.39, 0.29) is 5.91 Å². The molecule has 0 spiro atoms. The summed E-state index contributed by atoms with van der Waals surface area (Å²) in [7, 11) is 0. The summed E-state index contributed by atoms with van der Waals surface area (Å²) in [6.07, 6.45) is 2.01. The van der Waals surface area contributed by atoms with E-state index in [1.54, 1.807) is 0 Å². The molecule has 1 aliphatic rings. The van der Waals surface area contributed by atoms with E-state index in [0.29, 0.717) is 6.04 Å². The average Bonchev–Trinajstić information content (AvgIpc) is 2.47. The zero-order chi connectivity index (χ0) is 13.9. The van der Waals surface area contributed by atoms with Gasteiger partial charge in [-0.2, -0.15) is 0 Å². The van der Waals surface area contributed by atoms with Crippen LogP contribution in [0.25, 0.3) is 10.8 Å². The molecule has 20 heavy (non-hydrogen) atoms. The monoisotopic (exact) mass is 332 g/mol. The van der Waals surface area contributed by atoms with Crippen molar-refractivity contribution in [1.29, 1.82) is 0 Å². The van der Waals surface area contributed by atoms with Crippen LogP contribution in [-0.4, -0.2) is 25.0 Å². The normalized spacial score (nSPS) is 16.2. The number of hydrogen-bond acceptors (Lipinski definition) is 2. The molecule has 1 saturated heterocycles. The molecule has 0 atom stereocenters. The van der Waals surface area contributed by atoms with Gasteiger partial charge in [0.05, 0.1) is 0 Å². The minimum atomic E-state index is 0.0294. The van der Waals surface area contributed by atoms with Crippen molar-refractivity contribution in [2.75, 3.05) is 13.1 Å². The molecule has 0 aliphatic carbocycles. The number of rotatable bonds is 2. The van der Waals surface area contributed by atoms with Crippen molar-refractivity contribution in [3.05, 3.63) is 46.4 Å². The maximum absolute atomic E-state index is 12.3. The second-order valence-electron chi connectivity index (χ2n) is 5.20. The van der Waals surface area contributed by atoms with Crippen LogP contribution in [0.15, 0.2) is 40.9 Å². The van der Waals surface area contributed by atoms with Gasteiger partial charge in [-0.05, 0) is 61.0 Å². The summed E-state index contributed by atoms with van der Waals surface area (Å²) in [5.41, 5.74) is 0.735. The van der Waals surface area contributed by atoms with Crippen LogP contribution in [0.2, 0.25) is 0 Å². The van der Waals surface area contributed by atoms with Crippen LogP contribution in [-0.2, 0) is 0 Å². The molecule has 0 aromatic heterocycles. The highest BCUT2D eigenvalue weighted by atomic mass is 79.9. The molecule has 0 radical (unpaired) electrons. The second-order valence-corrected chi connectivity index (χ2v) is 6.12. The Morgan fingerprint density at radius 3 is 2.60 bits per heavy atom. The van der Waals surface area contributed by atoms with Crippen molar-refractivity contribution in [2.45, 2.75) is 18.9 Å². The van der Waals surface area contributed by atoms with Gasteiger partial charge in [-0.25, -0.2) is 0 Å². The number of amides is 1. The fourth-order valence-electron chi connectivity index (χ4n) is 2.59. The molecule has 3 rings (SSSR count). The maximum atomic E-state index is 12.3. The van der Waals surface area contributed by atoms with Gasteiger partial charge in [-0.15, -0.1) is 0 Å². The van der Waals surface area contributed by atoms with Crippen LogP contribution >= 0.6 is 15.9 Å². The Labute approximate surface area is 126 Å². The SMILES string of the molecule is O=C(NC1CCNCC1)c1ccc2cc(Br)ccc2c1. The topological polar surface area (TPSA) is 41.1 Å². The van der Waals surface area contributed by atoms with Gasteiger partial charge in [0.2, 0.25) is 0 Å². The van der Waals surface area contributed by atoms with Gasteiger partial charge in [-0.3, -0.25) is 4.79 Å². The molecule has 1 amide bonds. The molecule has 2 aromatic rings. The quantitative estimate of drug-likeness (QED) is 0.887. The fourth-order valence-corrected chi connectivity index (χ4v) is 2.97. The summed E-state index contributed by atoms with van der Waals surface area (Å²) in [5.74, 6) is 0.0294. The lowest BCUT2D eigenvalue weighted by atomic mass is 10.0. The number of carbonyl (C=O) groups excluding carboxylic acids is 1. The predicted octanol–water partition coefficient (Wildman–Crippen LogP) is 3.08. The van der Waals surface area contributed by atoms with Crippen molar-refractivity contribution in [3.8, 4) is 0 Å².